The molecule has 2 saturated heterocycles. The van der Waals surface area contributed by atoms with Gasteiger partial charge >= 0.3 is 0 Å². The van der Waals surface area contributed by atoms with E-state index in [4.69, 9.17) is 0 Å². The Balaban J connectivity index is 2.20. The van der Waals surface area contributed by atoms with E-state index in [-0.39, 0.29) is 0 Å². The van der Waals surface area contributed by atoms with Crippen LogP contribution in [-0.2, 0) is 0 Å². The first kappa shape index (κ1) is 8.52. The third kappa shape index (κ3) is 0.944. The first-order valence-corrected chi connectivity index (χ1v) is 5.18. The molecule has 2 unspecified atom stereocenters. The molecule has 2 rings (SSSR count). The van der Waals surface area contributed by atoms with Gasteiger partial charge < -0.3 is 10.6 Å². The average Bonchev–Trinajstić information content (AvgIpc) is 2.42. The van der Waals surface area contributed by atoms with Gasteiger partial charge in [-0.1, -0.05) is 13.3 Å². The Bertz CT molecular complexity index is 167. The standard InChI is InChI=1S/C10H20N2/c1-3-4-10-5-6-12-9(10,2)7-11-8-10/h11-12H,3-8H2,1-2H3. The molecule has 2 aliphatic rings. The van der Waals surface area contributed by atoms with Crippen molar-refractivity contribution in [3.63, 3.8) is 0 Å². The molecule has 0 bridgehead atoms. The quantitative estimate of drug-likeness (QED) is 0.646. The zero-order valence-corrected chi connectivity index (χ0v) is 8.24. The molecule has 0 spiro atoms. The Morgan fingerprint density at radius 3 is 2.92 bits per heavy atom. The first-order valence-electron chi connectivity index (χ1n) is 5.18. The van der Waals surface area contributed by atoms with E-state index in [1.807, 2.05) is 0 Å². The van der Waals surface area contributed by atoms with E-state index in [1.54, 1.807) is 0 Å². The van der Waals surface area contributed by atoms with Crippen LogP contribution in [0.3, 0.4) is 0 Å². The van der Waals surface area contributed by atoms with Gasteiger partial charge in [0, 0.05) is 24.0 Å². The van der Waals surface area contributed by atoms with E-state index >= 15 is 0 Å². The predicted molar refractivity (Wildman–Crippen MR) is 51.2 cm³/mol. The van der Waals surface area contributed by atoms with Gasteiger partial charge in [-0.05, 0) is 26.3 Å². The zero-order chi connectivity index (χ0) is 8.66. The molecule has 0 aromatic rings. The zero-order valence-electron chi connectivity index (χ0n) is 8.24. The summed E-state index contributed by atoms with van der Waals surface area (Å²) in [5.41, 5.74) is 0.963. The molecule has 0 saturated carbocycles. The molecule has 2 heterocycles. The molecule has 0 aromatic carbocycles. The topological polar surface area (TPSA) is 24.1 Å². The van der Waals surface area contributed by atoms with Crippen LogP contribution in [-0.4, -0.2) is 25.2 Å². The molecule has 0 aromatic heterocycles. The van der Waals surface area contributed by atoms with E-state index in [2.05, 4.69) is 24.5 Å². The first-order chi connectivity index (χ1) is 5.72. The average molecular weight is 168 g/mol. The number of hydrogen-bond acceptors (Lipinski definition) is 2. The van der Waals surface area contributed by atoms with E-state index in [0.29, 0.717) is 11.0 Å². The van der Waals surface area contributed by atoms with Crippen molar-refractivity contribution >= 4 is 0 Å². The maximum atomic E-state index is 3.66. The number of fused-ring (bicyclic) bond motifs is 1. The molecule has 0 aliphatic carbocycles. The van der Waals surface area contributed by atoms with Crippen LogP contribution in [0, 0.1) is 5.41 Å². The summed E-state index contributed by atoms with van der Waals surface area (Å²) in [5, 5.41) is 7.19. The monoisotopic (exact) mass is 168 g/mol. The van der Waals surface area contributed by atoms with Gasteiger partial charge in [0.25, 0.3) is 0 Å². The van der Waals surface area contributed by atoms with Gasteiger partial charge in [-0.2, -0.15) is 0 Å². The van der Waals surface area contributed by atoms with Crippen molar-refractivity contribution in [2.45, 2.75) is 38.6 Å². The van der Waals surface area contributed by atoms with Crippen LogP contribution in [0.5, 0.6) is 0 Å². The summed E-state index contributed by atoms with van der Waals surface area (Å²) in [4.78, 5) is 0. The molecule has 2 nitrogen and oxygen atoms in total. The molecule has 0 amide bonds. The summed E-state index contributed by atoms with van der Waals surface area (Å²) in [6, 6.07) is 0. The van der Waals surface area contributed by atoms with Crippen molar-refractivity contribution in [2.75, 3.05) is 19.6 Å². The van der Waals surface area contributed by atoms with Crippen molar-refractivity contribution < 1.29 is 0 Å². The summed E-state index contributed by atoms with van der Waals surface area (Å²) >= 11 is 0. The fraction of sp³-hybridized carbons (Fsp3) is 1.00. The maximum Gasteiger partial charge on any atom is 0.0347 e. The van der Waals surface area contributed by atoms with Gasteiger partial charge in [0.05, 0.1) is 0 Å². The van der Waals surface area contributed by atoms with E-state index in [9.17, 15) is 0 Å². The molecule has 2 heteroatoms. The summed E-state index contributed by atoms with van der Waals surface area (Å²) in [7, 11) is 0. The molecule has 2 aliphatic heterocycles. The normalized spacial score (nSPS) is 46.5. The lowest BCUT2D eigenvalue weighted by atomic mass is 9.71. The van der Waals surface area contributed by atoms with Crippen molar-refractivity contribution in [3.8, 4) is 0 Å². The molecule has 12 heavy (non-hydrogen) atoms. The van der Waals surface area contributed by atoms with Gasteiger partial charge in [0.2, 0.25) is 0 Å². The number of rotatable bonds is 2. The van der Waals surface area contributed by atoms with Crippen LogP contribution in [0.2, 0.25) is 0 Å². The third-order valence-electron chi connectivity index (χ3n) is 3.96. The number of nitrogens with one attached hydrogen (secondary N) is 2. The van der Waals surface area contributed by atoms with Gasteiger partial charge in [-0.3, -0.25) is 0 Å². The van der Waals surface area contributed by atoms with Crippen LogP contribution < -0.4 is 10.6 Å². The van der Waals surface area contributed by atoms with Crippen molar-refractivity contribution in [1.82, 2.24) is 10.6 Å². The Hall–Kier alpha value is -0.0800. The van der Waals surface area contributed by atoms with Crippen LogP contribution in [0.1, 0.15) is 33.1 Å². The molecule has 2 fully saturated rings. The summed E-state index contributed by atoms with van der Waals surface area (Å²) < 4.78 is 0. The van der Waals surface area contributed by atoms with Gasteiger partial charge in [0.1, 0.15) is 0 Å². The van der Waals surface area contributed by atoms with Crippen LogP contribution in [0.25, 0.3) is 0 Å². The van der Waals surface area contributed by atoms with E-state index in [0.717, 1.165) is 6.54 Å². The highest BCUT2D eigenvalue weighted by atomic mass is 15.1. The van der Waals surface area contributed by atoms with Gasteiger partial charge in [-0.25, -0.2) is 0 Å². The maximum absolute atomic E-state index is 3.66. The van der Waals surface area contributed by atoms with Crippen molar-refractivity contribution in [2.24, 2.45) is 5.41 Å². The highest BCUT2D eigenvalue weighted by Gasteiger charge is 2.53. The Kier molecular flexibility index (Phi) is 1.92. The smallest absolute Gasteiger partial charge is 0.0347 e. The lowest BCUT2D eigenvalue weighted by molar-refractivity contribution is 0.202. The second kappa shape index (κ2) is 2.71. The molecule has 70 valence electrons. The molecule has 2 atom stereocenters. The Morgan fingerprint density at radius 1 is 1.33 bits per heavy atom. The molecular weight excluding hydrogens is 148 g/mol. The lowest BCUT2D eigenvalue weighted by Crippen LogP contribution is -2.48. The minimum atomic E-state index is 0.392. The van der Waals surface area contributed by atoms with E-state index < -0.39 is 0 Å². The lowest BCUT2D eigenvalue weighted by Gasteiger charge is -2.36. The third-order valence-corrected chi connectivity index (χ3v) is 3.96. The van der Waals surface area contributed by atoms with Crippen molar-refractivity contribution in [3.05, 3.63) is 0 Å². The van der Waals surface area contributed by atoms with Crippen LogP contribution >= 0.6 is 0 Å². The van der Waals surface area contributed by atoms with Gasteiger partial charge in [0.15, 0.2) is 0 Å². The highest BCUT2D eigenvalue weighted by Crippen LogP contribution is 2.45. The fourth-order valence-corrected chi connectivity index (χ4v) is 3.09. The summed E-state index contributed by atoms with van der Waals surface area (Å²) in [5.74, 6) is 0. The second-order valence-corrected chi connectivity index (χ2v) is 4.64. The Labute approximate surface area is 75.1 Å². The van der Waals surface area contributed by atoms with E-state index in [1.165, 1.54) is 32.4 Å². The van der Waals surface area contributed by atoms with Crippen LogP contribution in [0.15, 0.2) is 0 Å². The van der Waals surface area contributed by atoms with Crippen molar-refractivity contribution in [1.29, 1.82) is 0 Å². The largest absolute Gasteiger partial charge is 0.314 e. The van der Waals surface area contributed by atoms with Gasteiger partial charge in [-0.15, -0.1) is 0 Å². The SMILES string of the molecule is CCCC12CCNC1(C)CNC2. The summed E-state index contributed by atoms with van der Waals surface area (Å²) in [6.45, 7) is 8.29. The minimum absolute atomic E-state index is 0.392. The fourth-order valence-electron chi connectivity index (χ4n) is 3.09. The predicted octanol–water partition coefficient (Wildman–Crippen LogP) is 1.13. The Morgan fingerprint density at radius 2 is 2.17 bits per heavy atom. The summed E-state index contributed by atoms with van der Waals surface area (Å²) in [6.07, 6.45) is 4.06. The second-order valence-electron chi connectivity index (χ2n) is 4.64. The van der Waals surface area contributed by atoms with Crippen LogP contribution in [0.4, 0.5) is 0 Å². The molecular formula is C10H20N2. The highest BCUT2D eigenvalue weighted by molar-refractivity contribution is 5.12. The number of hydrogen-bond donors (Lipinski definition) is 2. The minimum Gasteiger partial charge on any atom is -0.314 e. The molecule has 0 radical (unpaired) electrons. The molecule has 2 N–H and O–H groups in total.